The van der Waals surface area contributed by atoms with Gasteiger partial charge in [-0.05, 0) is 48.9 Å². The molecule has 0 saturated heterocycles. The molecule has 3 amide bonds. The van der Waals surface area contributed by atoms with Crippen LogP contribution >= 0.6 is 34.5 Å². The van der Waals surface area contributed by atoms with Crippen molar-refractivity contribution in [1.82, 2.24) is 10.2 Å². The number of aromatic hydroxyl groups is 1. The topological polar surface area (TPSA) is 116 Å². The molecule has 4 aromatic rings. The molecule has 0 aliphatic rings. The van der Waals surface area contributed by atoms with Crippen LogP contribution in [0.3, 0.4) is 0 Å². The molecule has 0 unspecified atom stereocenters. The van der Waals surface area contributed by atoms with Gasteiger partial charge in [-0.2, -0.15) is 0 Å². The first-order valence-electron chi connectivity index (χ1n) is 9.87. The highest BCUT2D eigenvalue weighted by atomic mass is 35.5. The molecule has 4 N–H and O–H groups in total. The van der Waals surface area contributed by atoms with Crippen molar-refractivity contribution in [2.24, 2.45) is 0 Å². The predicted molar refractivity (Wildman–Crippen MR) is 135 cm³/mol. The standard InChI is InChI=1S/C23H17Cl2N5O3S/c1-12-5-2-3-8-18(12)27-20(32)13-6-4-7-15(9-13)26-22(33)28-23-30-29-21(34-23)16-10-14(24)11-17(25)19(16)31/h2-11,31H,1H3,(H,27,32)(H2,26,28,30,33). The summed E-state index contributed by atoms with van der Waals surface area (Å²) in [7, 11) is 0. The minimum atomic E-state index is -0.576. The first kappa shape index (κ1) is 23.5. The van der Waals surface area contributed by atoms with Crippen LogP contribution in [0.25, 0.3) is 10.6 Å². The van der Waals surface area contributed by atoms with E-state index in [0.717, 1.165) is 16.9 Å². The van der Waals surface area contributed by atoms with Crippen molar-refractivity contribution < 1.29 is 14.7 Å². The van der Waals surface area contributed by atoms with Crippen molar-refractivity contribution in [3.8, 4) is 16.3 Å². The monoisotopic (exact) mass is 513 g/mol. The van der Waals surface area contributed by atoms with E-state index in [0.29, 0.717) is 32.5 Å². The van der Waals surface area contributed by atoms with E-state index in [1.807, 2.05) is 31.2 Å². The summed E-state index contributed by atoms with van der Waals surface area (Å²) in [5.74, 6) is -0.480. The zero-order valence-electron chi connectivity index (χ0n) is 17.6. The second-order valence-electron chi connectivity index (χ2n) is 7.13. The molecular formula is C23H17Cl2N5O3S. The SMILES string of the molecule is Cc1ccccc1NC(=O)c1cccc(NC(=O)Nc2nnc(-c3cc(Cl)cc(Cl)c3O)s2)c1. The highest BCUT2D eigenvalue weighted by Gasteiger charge is 2.16. The molecule has 0 aliphatic carbocycles. The normalized spacial score (nSPS) is 10.6. The maximum Gasteiger partial charge on any atom is 0.325 e. The second-order valence-corrected chi connectivity index (χ2v) is 8.95. The number of amides is 3. The summed E-state index contributed by atoms with van der Waals surface area (Å²) in [5, 5.41) is 27.0. The van der Waals surface area contributed by atoms with Crippen LogP contribution in [0.1, 0.15) is 15.9 Å². The Morgan fingerprint density at radius 1 is 0.941 bits per heavy atom. The lowest BCUT2D eigenvalue weighted by Crippen LogP contribution is -2.20. The van der Waals surface area contributed by atoms with Crippen molar-refractivity contribution in [1.29, 1.82) is 0 Å². The Balaban J connectivity index is 1.42. The Morgan fingerprint density at radius 3 is 2.53 bits per heavy atom. The number of benzene rings is 3. The number of halogens is 2. The molecule has 0 bridgehead atoms. The Hall–Kier alpha value is -3.66. The van der Waals surface area contributed by atoms with Gasteiger partial charge in [-0.3, -0.25) is 10.1 Å². The van der Waals surface area contributed by atoms with Crippen molar-refractivity contribution in [3.05, 3.63) is 81.8 Å². The molecule has 1 aromatic heterocycles. The fraction of sp³-hybridized carbons (Fsp3) is 0.0435. The molecule has 0 aliphatic heterocycles. The molecule has 0 atom stereocenters. The first-order chi connectivity index (χ1) is 16.3. The number of carbonyl (C=O) groups excluding carboxylic acids is 2. The molecule has 0 saturated carbocycles. The molecule has 11 heteroatoms. The van der Waals surface area contributed by atoms with Crippen LogP contribution in [0.2, 0.25) is 10.0 Å². The van der Waals surface area contributed by atoms with Gasteiger partial charge in [0.25, 0.3) is 5.91 Å². The third kappa shape index (κ3) is 5.45. The number of nitrogens with one attached hydrogen (secondary N) is 3. The number of hydrogen-bond acceptors (Lipinski definition) is 6. The van der Waals surface area contributed by atoms with Crippen LogP contribution in [0.15, 0.2) is 60.7 Å². The number of hydrogen-bond donors (Lipinski definition) is 4. The number of carbonyl (C=O) groups is 2. The van der Waals surface area contributed by atoms with Gasteiger partial charge in [-0.1, -0.05) is 58.8 Å². The van der Waals surface area contributed by atoms with Gasteiger partial charge in [-0.15, -0.1) is 10.2 Å². The summed E-state index contributed by atoms with van der Waals surface area (Å²) in [6.45, 7) is 1.90. The van der Waals surface area contributed by atoms with E-state index in [1.54, 1.807) is 24.3 Å². The van der Waals surface area contributed by atoms with Gasteiger partial charge in [0.2, 0.25) is 5.13 Å². The van der Waals surface area contributed by atoms with Crippen molar-refractivity contribution in [2.45, 2.75) is 6.92 Å². The highest BCUT2D eigenvalue weighted by Crippen LogP contribution is 2.39. The largest absolute Gasteiger partial charge is 0.506 e. The summed E-state index contributed by atoms with van der Waals surface area (Å²) in [6, 6.07) is 16.3. The number of aromatic nitrogens is 2. The molecule has 3 aromatic carbocycles. The van der Waals surface area contributed by atoms with Crippen LogP contribution in [0.5, 0.6) is 5.75 Å². The molecule has 8 nitrogen and oxygen atoms in total. The quantitative estimate of drug-likeness (QED) is 0.245. The number of urea groups is 1. The smallest absolute Gasteiger partial charge is 0.325 e. The Labute approximate surface area is 208 Å². The molecule has 4 rings (SSSR count). The first-order valence-corrected chi connectivity index (χ1v) is 11.4. The van der Waals surface area contributed by atoms with Gasteiger partial charge >= 0.3 is 6.03 Å². The lowest BCUT2D eigenvalue weighted by Gasteiger charge is -2.10. The van der Waals surface area contributed by atoms with Crippen LogP contribution in [-0.2, 0) is 0 Å². The Morgan fingerprint density at radius 2 is 1.74 bits per heavy atom. The molecule has 1 heterocycles. The number of aryl methyl sites for hydroxylation is 1. The fourth-order valence-electron chi connectivity index (χ4n) is 3.02. The van der Waals surface area contributed by atoms with Gasteiger partial charge in [-0.25, -0.2) is 4.79 Å². The van der Waals surface area contributed by atoms with Gasteiger partial charge in [0, 0.05) is 22.0 Å². The van der Waals surface area contributed by atoms with Crippen LogP contribution in [0, 0.1) is 6.92 Å². The van der Waals surface area contributed by atoms with Gasteiger partial charge in [0.05, 0.1) is 10.6 Å². The van der Waals surface area contributed by atoms with Crippen LogP contribution in [-0.4, -0.2) is 27.2 Å². The summed E-state index contributed by atoms with van der Waals surface area (Å²) in [5.41, 5.74) is 2.75. The maximum atomic E-state index is 12.6. The van der Waals surface area contributed by atoms with E-state index >= 15 is 0 Å². The van der Waals surface area contributed by atoms with E-state index in [1.165, 1.54) is 12.1 Å². The Kier molecular flexibility index (Phi) is 6.97. The summed E-state index contributed by atoms with van der Waals surface area (Å²) >= 11 is 13.0. The van der Waals surface area contributed by atoms with Crippen LogP contribution in [0.4, 0.5) is 21.3 Å². The predicted octanol–water partition coefficient (Wildman–Crippen LogP) is 6.42. The molecule has 0 radical (unpaired) electrons. The number of anilines is 3. The van der Waals surface area contributed by atoms with Crippen molar-refractivity contribution in [3.63, 3.8) is 0 Å². The van der Waals surface area contributed by atoms with Crippen molar-refractivity contribution >= 4 is 63.0 Å². The molecule has 0 fully saturated rings. The minimum Gasteiger partial charge on any atom is -0.506 e. The number of phenols is 1. The van der Waals surface area contributed by atoms with E-state index in [-0.39, 0.29) is 21.8 Å². The zero-order chi connectivity index (χ0) is 24.2. The third-order valence-corrected chi connectivity index (χ3v) is 6.06. The minimum absolute atomic E-state index is 0.0799. The van der Waals surface area contributed by atoms with E-state index in [9.17, 15) is 14.7 Å². The van der Waals surface area contributed by atoms with E-state index < -0.39 is 6.03 Å². The van der Waals surface area contributed by atoms with Crippen LogP contribution < -0.4 is 16.0 Å². The average molecular weight is 514 g/mol. The van der Waals surface area contributed by atoms with Crippen molar-refractivity contribution in [2.75, 3.05) is 16.0 Å². The lowest BCUT2D eigenvalue weighted by molar-refractivity contribution is 0.102. The summed E-state index contributed by atoms with van der Waals surface area (Å²) < 4.78 is 0. The molecule has 34 heavy (non-hydrogen) atoms. The lowest BCUT2D eigenvalue weighted by atomic mass is 10.1. The van der Waals surface area contributed by atoms with Gasteiger partial charge in [0.15, 0.2) is 5.01 Å². The molecule has 0 spiro atoms. The molecule has 172 valence electrons. The van der Waals surface area contributed by atoms with E-state index in [4.69, 9.17) is 23.2 Å². The molecular weight excluding hydrogens is 497 g/mol. The third-order valence-electron chi connectivity index (χ3n) is 4.68. The Bertz CT molecular complexity index is 1390. The number of phenolic OH excluding ortho intramolecular Hbond substituents is 1. The summed E-state index contributed by atoms with van der Waals surface area (Å²) in [6.07, 6.45) is 0. The average Bonchev–Trinajstić information content (AvgIpc) is 3.26. The zero-order valence-corrected chi connectivity index (χ0v) is 19.9. The van der Waals surface area contributed by atoms with Gasteiger partial charge in [0.1, 0.15) is 5.75 Å². The fourth-order valence-corrected chi connectivity index (χ4v) is 4.27. The second kappa shape index (κ2) is 10.1. The summed E-state index contributed by atoms with van der Waals surface area (Å²) in [4.78, 5) is 25.1. The van der Waals surface area contributed by atoms with E-state index in [2.05, 4.69) is 26.1 Å². The number of nitrogens with zero attached hydrogens (tertiary/aromatic N) is 2. The number of para-hydroxylation sites is 1. The maximum absolute atomic E-state index is 12.6. The highest BCUT2D eigenvalue weighted by molar-refractivity contribution is 7.18. The van der Waals surface area contributed by atoms with Gasteiger partial charge < -0.3 is 15.7 Å². The number of rotatable bonds is 5.